The van der Waals surface area contributed by atoms with Gasteiger partial charge in [0, 0.05) is 31.2 Å². The van der Waals surface area contributed by atoms with Crippen LogP contribution in [0.1, 0.15) is 40.0 Å². The van der Waals surface area contributed by atoms with Crippen molar-refractivity contribution < 1.29 is 4.79 Å². The van der Waals surface area contributed by atoms with E-state index in [2.05, 4.69) is 26.1 Å². The minimum atomic E-state index is 0.202. The monoisotopic (exact) mass is 262 g/mol. The van der Waals surface area contributed by atoms with Gasteiger partial charge in [-0.15, -0.1) is 0 Å². The molecule has 1 N–H and O–H groups in total. The quantitative estimate of drug-likeness (QED) is 0.780. The number of carbonyl (C=O) groups excluding carboxylic acids is 1. The molecule has 0 radical (unpaired) electrons. The summed E-state index contributed by atoms with van der Waals surface area (Å²) in [5.41, 5.74) is 1.01. The fourth-order valence-corrected chi connectivity index (χ4v) is 1.92. The number of anilines is 1. The Kier molecular flexibility index (Phi) is 7.19. The van der Waals surface area contributed by atoms with E-state index in [1.165, 1.54) is 0 Å². The smallest absolute Gasteiger partial charge is 0.228 e. The molecular weight excluding hydrogens is 236 g/mol. The van der Waals surface area contributed by atoms with Crippen LogP contribution in [0.15, 0.2) is 30.3 Å². The van der Waals surface area contributed by atoms with Crippen LogP contribution in [0.5, 0.6) is 0 Å². The second-order valence-corrected chi connectivity index (χ2v) is 5.09. The number of hydrogen-bond donors (Lipinski definition) is 1. The Hall–Kier alpha value is -1.35. The van der Waals surface area contributed by atoms with Crippen molar-refractivity contribution in [2.75, 3.05) is 18.0 Å². The summed E-state index contributed by atoms with van der Waals surface area (Å²) >= 11 is 0. The van der Waals surface area contributed by atoms with Crippen LogP contribution in [0.2, 0.25) is 0 Å². The Balaban J connectivity index is 2.60. The third-order valence-electron chi connectivity index (χ3n) is 3.00. The highest BCUT2D eigenvalue weighted by molar-refractivity contribution is 5.93. The number of amides is 1. The van der Waals surface area contributed by atoms with E-state index in [1.54, 1.807) is 0 Å². The predicted molar refractivity (Wildman–Crippen MR) is 81.5 cm³/mol. The van der Waals surface area contributed by atoms with Gasteiger partial charge in [-0.3, -0.25) is 4.79 Å². The minimum absolute atomic E-state index is 0.202. The van der Waals surface area contributed by atoms with Gasteiger partial charge in [-0.05, 0) is 18.6 Å². The zero-order valence-corrected chi connectivity index (χ0v) is 12.4. The van der Waals surface area contributed by atoms with Gasteiger partial charge >= 0.3 is 0 Å². The van der Waals surface area contributed by atoms with Gasteiger partial charge in [0.15, 0.2) is 0 Å². The Morgan fingerprint density at radius 2 is 1.95 bits per heavy atom. The minimum Gasteiger partial charge on any atom is -0.314 e. The van der Waals surface area contributed by atoms with Gasteiger partial charge in [-0.25, -0.2) is 0 Å². The summed E-state index contributed by atoms with van der Waals surface area (Å²) in [5, 5.41) is 3.29. The molecule has 0 heterocycles. The number of rotatable bonds is 8. The maximum atomic E-state index is 12.3. The van der Waals surface area contributed by atoms with Crippen molar-refractivity contribution >= 4 is 11.6 Å². The van der Waals surface area contributed by atoms with E-state index < -0.39 is 0 Å². The number of carbonyl (C=O) groups is 1. The number of nitrogens with zero attached hydrogens (tertiary/aromatic N) is 1. The molecule has 3 heteroatoms. The van der Waals surface area contributed by atoms with E-state index in [0.29, 0.717) is 12.5 Å². The molecule has 0 unspecified atom stereocenters. The summed E-state index contributed by atoms with van der Waals surface area (Å²) in [4.78, 5) is 14.2. The van der Waals surface area contributed by atoms with Crippen LogP contribution in [-0.4, -0.2) is 25.0 Å². The molecule has 1 aromatic carbocycles. The lowest BCUT2D eigenvalue weighted by Gasteiger charge is -2.23. The fourth-order valence-electron chi connectivity index (χ4n) is 1.92. The lowest BCUT2D eigenvalue weighted by Crippen LogP contribution is -2.35. The molecule has 19 heavy (non-hydrogen) atoms. The van der Waals surface area contributed by atoms with E-state index in [4.69, 9.17) is 0 Å². The zero-order valence-electron chi connectivity index (χ0n) is 12.4. The average Bonchev–Trinajstić information content (AvgIpc) is 2.40. The van der Waals surface area contributed by atoms with Crippen LogP contribution in [0, 0.1) is 0 Å². The van der Waals surface area contributed by atoms with Gasteiger partial charge in [0.2, 0.25) is 5.91 Å². The Morgan fingerprint density at radius 3 is 2.53 bits per heavy atom. The van der Waals surface area contributed by atoms with Crippen molar-refractivity contribution in [3.8, 4) is 0 Å². The summed E-state index contributed by atoms with van der Waals surface area (Å²) in [6.45, 7) is 7.88. The van der Waals surface area contributed by atoms with Crippen LogP contribution >= 0.6 is 0 Å². The topological polar surface area (TPSA) is 32.3 Å². The average molecular weight is 262 g/mol. The zero-order chi connectivity index (χ0) is 14.1. The molecule has 0 aromatic heterocycles. The van der Waals surface area contributed by atoms with E-state index in [1.807, 2.05) is 35.2 Å². The molecule has 0 fully saturated rings. The summed E-state index contributed by atoms with van der Waals surface area (Å²) in [5.74, 6) is 0.202. The molecule has 1 amide bonds. The Bertz CT molecular complexity index is 362. The summed E-state index contributed by atoms with van der Waals surface area (Å²) < 4.78 is 0. The highest BCUT2D eigenvalue weighted by Crippen LogP contribution is 2.15. The Labute approximate surface area is 117 Å². The van der Waals surface area contributed by atoms with Gasteiger partial charge in [0.1, 0.15) is 0 Å². The standard InChI is InChI=1S/C16H26N2O/c1-4-5-13-18(15-9-7-6-8-10-15)16(19)11-12-17-14(2)3/h6-10,14,17H,4-5,11-13H2,1-3H3. The molecule has 0 bridgehead atoms. The second-order valence-electron chi connectivity index (χ2n) is 5.09. The van der Waals surface area contributed by atoms with Crippen LogP contribution in [-0.2, 0) is 4.79 Å². The van der Waals surface area contributed by atoms with Gasteiger partial charge < -0.3 is 10.2 Å². The Morgan fingerprint density at radius 1 is 1.26 bits per heavy atom. The lowest BCUT2D eigenvalue weighted by molar-refractivity contribution is -0.118. The molecule has 0 saturated carbocycles. The lowest BCUT2D eigenvalue weighted by atomic mass is 10.2. The third-order valence-corrected chi connectivity index (χ3v) is 3.00. The SMILES string of the molecule is CCCCN(C(=O)CCNC(C)C)c1ccccc1. The van der Waals surface area contributed by atoms with Crippen molar-refractivity contribution in [2.24, 2.45) is 0 Å². The summed E-state index contributed by atoms with van der Waals surface area (Å²) in [7, 11) is 0. The molecule has 106 valence electrons. The molecule has 1 rings (SSSR count). The predicted octanol–water partition coefficient (Wildman–Crippen LogP) is 3.21. The van der Waals surface area contributed by atoms with Crippen molar-refractivity contribution in [2.45, 2.75) is 46.1 Å². The largest absolute Gasteiger partial charge is 0.314 e. The van der Waals surface area contributed by atoms with Crippen molar-refractivity contribution in [3.63, 3.8) is 0 Å². The number of unbranched alkanes of at least 4 members (excludes halogenated alkanes) is 1. The van der Waals surface area contributed by atoms with Gasteiger partial charge in [0.05, 0.1) is 0 Å². The number of benzene rings is 1. The normalized spacial score (nSPS) is 10.7. The molecule has 0 aliphatic carbocycles. The molecule has 0 spiro atoms. The third kappa shape index (κ3) is 5.88. The van der Waals surface area contributed by atoms with Crippen molar-refractivity contribution in [3.05, 3.63) is 30.3 Å². The molecule has 0 aliphatic heterocycles. The fraction of sp³-hybridized carbons (Fsp3) is 0.562. The first kappa shape index (κ1) is 15.7. The van der Waals surface area contributed by atoms with Gasteiger partial charge in [-0.2, -0.15) is 0 Å². The first-order chi connectivity index (χ1) is 9.15. The van der Waals surface area contributed by atoms with Crippen LogP contribution in [0.25, 0.3) is 0 Å². The maximum absolute atomic E-state index is 12.3. The highest BCUT2D eigenvalue weighted by Gasteiger charge is 2.14. The number of nitrogens with one attached hydrogen (secondary N) is 1. The maximum Gasteiger partial charge on any atom is 0.228 e. The molecule has 0 atom stereocenters. The molecule has 0 saturated heterocycles. The van der Waals surface area contributed by atoms with Gasteiger partial charge in [0.25, 0.3) is 0 Å². The van der Waals surface area contributed by atoms with E-state index >= 15 is 0 Å². The molecular formula is C16H26N2O. The van der Waals surface area contributed by atoms with Gasteiger partial charge in [-0.1, -0.05) is 45.4 Å². The first-order valence-corrected chi connectivity index (χ1v) is 7.24. The number of hydrogen-bond acceptors (Lipinski definition) is 2. The second kappa shape index (κ2) is 8.70. The molecule has 3 nitrogen and oxygen atoms in total. The first-order valence-electron chi connectivity index (χ1n) is 7.24. The van der Waals surface area contributed by atoms with E-state index in [9.17, 15) is 4.79 Å². The molecule has 1 aromatic rings. The van der Waals surface area contributed by atoms with Crippen LogP contribution in [0.3, 0.4) is 0 Å². The summed E-state index contributed by atoms with van der Waals surface area (Å²) in [6, 6.07) is 10.4. The highest BCUT2D eigenvalue weighted by atomic mass is 16.2. The van der Waals surface area contributed by atoms with Crippen LogP contribution in [0.4, 0.5) is 5.69 Å². The summed E-state index contributed by atoms with van der Waals surface area (Å²) in [6.07, 6.45) is 2.69. The van der Waals surface area contributed by atoms with E-state index in [0.717, 1.165) is 31.6 Å². The number of para-hydroxylation sites is 1. The van der Waals surface area contributed by atoms with E-state index in [-0.39, 0.29) is 5.91 Å². The molecule has 0 aliphatic rings. The van der Waals surface area contributed by atoms with Crippen molar-refractivity contribution in [1.82, 2.24) is 5.32 Å². The van der Waals surface area contributed by atoms with Crippen molar-refractivity contribution in [1.29, 1.82) is 0 Å². The van der Waals surface area contributed by atoms with Crippen LogP contribution < -0.4 is 10.2 Å².